The van der Waals surface area contributed by atoms with E-state index < -0.39 is 11.7 Å². The molecule has 2 saturated heterocycles. The van der Waals surface area contributed by atoms with Crippen molar-refractivity contribution in [1.29, 1.82) is 5.26 Å². The van der Waals surface area contributed by atoms with Crippen molar-refractivity contribution in [2.24, 2.45) is 11.8 Å². The summed E-state index contributed by atoms with van der Waals surface area (Å²) < 4.78 is 19.8. The molecule has 5 rings (SSSR count). The van der Waals surface area contributed by atoms with Crippen LogP contribution in [0.25, 0.3) is 10.8 Å². The molecule has 1 saturated carbocycles. The van der Waals surface area contributed by atoms with Crippen molar-refractivity contribution >= 4 is 34.1 Å². The van der Waals surface area contributed by atoms with Crippen LogP contribution in [-0.2, 0) is 9.53 Å². The molecule has 2 aromatic rings. The molecule has 1 amide bonds. The van der Waals surface area contributed by atoms with E-state index in [1.165, 1.54) is 0 Å². The second-order valence-corrected chi connectivity index (χ2v) is 10.2. The number of fused-ring (bicyclic) bond motifs is 1. The van der Waals surface area contributed by atoms with Gasteiger partial charge in [0.05, 0.1) is 36.7 Å². The van der Waals surface area contributed by atoms with Gasteiger partial charge in [-0.15, -0.1) is 0 Å². The standard InChI is InChI=1S/C25H28ClFN4O2/c1-25(14-33-13-22(25)27)31-6-4-15(5-7-31)20-8-17-10-23(29-12-18(17)9-21(20)26)30-24(32)19-3-2-16(19)11-28/h8-10,12,15-16,19,22H,2-7,13-14H2,1H3,(H,29,30,32)/t16?,19?,22-,25+/m0/s1. The number of nitrogens with zero attached hydrogens (tertiary/aromatic N) is 3. The van der Waals surface area contributed by atoms with E-state index >= 15 is 0 Å². The van der Waals surface area contributed by atoms with Crippen LogP contribution in [0.15, 0.2) is 24.4 Å². The number of hydrogen-bond donors (Lipinski definition) is 1. The first-order valence-corrected chi connectivity index (χ1v) is 12.0. The van der Waals surface area contributed by atoms with E-state index in [0.717, 1.165) is 55.1 Å². The molecule has 174 valence electrons. The minimum atomic E-state index is -0.956. The van der Waals surface area contributed by atoms with Crippen molar-refractivity contribution < 1.29 is 13.9 Å². The van der Waals surface area contributed by atoms with Crippen molar-refractivity contribution in [2.75, 3.05) is 31.6 Å². The van der Waals surface area contributed by atoms with E-state index in [-0.39, 0.29) is 24.3 Å². The number of benzene rings is 1. The molecule has 33 heavy (non-hydrogen) atoms. The van der Waals surface area contributed by atoms with Gasteiger partial charge in [-0.3, -0.25) is 9.69 Å². The second kappa shape index (κ2) is 8.83. The molecule has 3 aliphatic rings. The molecule has 0 bridgehead atoms. The van der Waals surface area contributed by atoms with E-state index in [9.17, 15) is 9.18 Å². The average molecular weight is 471 g/mol. The Bertz CT molecular complexity index is 1110. The van der Waals surface area contributed by atoms with Crippen LogP contribution in [0.5, 0.6) is 0 Å². The third-order valence-corrected chi connectivity index (χ3v) is 8.18. The summed E-state index contributed by atoms with van der Waals surface area (Å²) in [4.78, 5) is 19.1. The summed E-state index contributed by atoms with van der Waals surface area (Å²) in [6.45, 7) is 4.18. The number of piperidine rings is 1. The number of pyridine rings is 1. The van der Waals surface area contributed by atoms with Crippen molar-refractivity contribution in [3.63, 3.8) is 0 Å². The minimum absolute atomic E-state index is 0.142. The number of anilines is 1. The average Bonchev–Trinajstić information content (AvgIpc) is 3.12. The van der Waals surface area contributed by atoms with Gasteiger partial charge in [-0.2, -0.15) is 5.26 Å². The molecule has 2 unspecified atom stereocenters. The first-order chi connectivity index (χ1) is 15.9. The van der Waals surface area contributed by atoms with Gasteiger partial charge in [0, 0.05) is 16.6 Å². The maximum Gasteiger partial charge on any atom is 0.229 e. The van der Waals surface area contributed by atoms with Crippen LogP contribution in [0, 0.1) is 23.2 Å². The van der Waals surface area contributed by atoms with Gasteiger partial charge in [0.15, 0.2) is 0 Å². The molecule has 0 spiro atoms. The number of rotatable bonds is 4. The van der Waals surface area contributed by atoms with E-state index in [4.69, 9.17) is 21.6 Å². The Hall–Kier alpha value is -2.27. The second-order valence-electron chi connectivity index (χ2n) is 9.80. The summed E-state index contributed by atoms with van der Waals surface area (Å²) in [6, 6.07) is 8.09. The van der Waals surface area contributed by atoms with Crippen molar-refractivity contribution in [3.05, 3.63) is 35.0 Å². The number of nitrogens with one attached hydrogen (secondary N) is 1. The monoisotopic (exact) mass is 470 g/mol. The lowest BCUT2D eigenvalue weighted by molar-refractivity contribution is -0.123. The maximum atomic E-state index is 14.4. The fourth-order valence-electron chi connectivity index (χ4n) is 5.38. The number of alkyl halides is 1. The SMILES string of the molecule is C[C@@]1(N2CCC(c3cc4cc(NC(=O)C5CCC5C#N)ncc4cc3Cl)CC2)COC[C@@H]1F. The molecule has 0 radical (unpaired) electrons. The molecular formula is C25H28ClFN4O2. The number of ether oxygens (including phenoxy) is 1. The third kappa shape index (κ3) is 4.09. The lowest BCUT2D eigenvalue weighted by atomic mass is 9.74. The number of hydrogen-bond acceptors (Lipinski definition) is 5. The van der Waals surface area contributed by atoms with Crippen molar-refractivity contribution in [2.45, 2.75) is 50.2 Å². The summed E-state index contributed by atoms with van der Waals surface area (Å²) >= 11 is 6.65. The quantitative estimate of drug-likeness (QED) is 0.701. The number of halogens is 2. The highest BCUT2D eigenvalue weighted by molar-refractivity contribution is 6.32. The van der Waals surface area contributed by atoms with Crippen LogP contribution in [0.1, 0.15) is 44.1 Å². The molecule has 2 aliphatic heterocycles. The molecule has 3 fully saturated rings. The van der Waals surface area contributed by atoms with Gasteiger partial charge in [-0.25, -0.2) is 9.37 Å². The predicted octanol–water partition coefficient (Wildman–Crippen LogP) is 4.68. The number of nitriles is 1. The normalized spacial score (nSPS) is 30.7. The Labute approximate surface area is 198 Å². The number of likely N-dealkylation sites (tertiary alicyclic amines) is 1. The van der Waals surface area contributed by atoms with Gasteiger partial charge in [0.2, 0.25) is 5.91 Å². The lowest BCUT2D eigenvalue weighted by Gasteiger charge is -2.43. The number of carbonyl (C=O) groups is 1. The minimum Gasteiger partial charge on any atom is -0.376 e. The maximum absolute atomic E-state index is 14.4. The first-order valence-electron chi connectivity index (χ1n) is 11.7. The Balaban J connectivity index is 1.31. The zero-order chi connectivity index (χ0) is 23.2. The largest absolute Gasteiger partial charge is 0.376 e. The summed E-state index contributed by atoms with van der Waals surface area (Å²) in [5.41, 5.74) is 0.544. The molecule has 1 aliphatic carbocycles. The van der Waals surface area contributed by atoms with E-state index in [0.29, 0.717) is 23.4 Å². The Morgan fingerprint density at radius 2 is 2.06 bits per heavy atom. The highest BCUT2D eigenvalue weighted by Gasteiger charge is 2.46. The molecule has 3 heterocycles. The van der Waals surface area contributed by atoms with Crippen LogP contribution in [0.4, 0.5) is 10.2 Å². The number of carbonyl (C=O) groups excluding carboxylic acids is 1. The highest BCUT2D eigenvalue weighted by Crippen LogP contribution is 2.39. The van der Waals surface area contributed by atoms with Gasteiger partial charge in [-0.1, -0.05) is 11.6 Å². The molecule has 8 heteroatoms. The number of aromatic nitrogens is 1. The van der Waals surface area contributed by atoms with Gasteiger partial charge in [0.25, 0.3) is 0 Å². The Morgan fingerprint density at radius 1 is 1.27 bits per heavy atom. The highest BCUT2D eigenvalue weighted by atomic mass is 35.5. The molecule has 6 nitrogen and oxygen atoms in total. The lowest BCUT2D eigenvalue weighted by Crippen LogP contribution is -2.55. The summed E-state index contributed by atoms with van der Waals surface area (Å²) in [5.74, 6) is 0.181. The third-order valence-electron chi connectivity index (χ3n) is 7.86. The predicted molar refractivity (Wildman–Crippen MR) is 125 cm³/mol. The van der Waals surface area contributed by atoms with Crippen LogP contribution in [0.3, 0.4) is 0 Å². The van der Waals surface area contributed by atoms with Crippen LogP contribution >= 0.6 is 11.6 Å². The first kappa shape index (κ1) is 22.5. The molecular weight excluding hydrogens is 443 g/mol. The van der Waals surface area contributed by atoms with Gasteiger partial charge >= 0.3 is 0 Å². The van der Waals surface area contributed by atoms with E-state index in [2.05, 4.69) is 27.3 Å². The molecule has 1 N–H and O–H groups in total. The van der Waals surface area contributed by atoms with Gasteiger partial charge < -0.3 is 10.1 Å². The fourth-order valence-corrected chi connectivity index (χ4v) is 5.71. The van der Waals surface area contributed by atoms with Gasteiger partial charge in [-0.05, 0) is 80.8 Å². The molecule has 1 aromatic heterocycles. The summed E-state index contributed by atoms with van der Waals surface area (Å²) in [7, 11) is 0. The zero-order valence-corrected chi connectivity index (χ0v) is 19.4. The van der Waals surface area contributed by atoms with Crippen LogP contribution in [-0.4, -0.2) is 53.8 Å². The van der Waals surface area contributed by atoms with Crippen molar-refractivity contribution in [3.8, 4) is 6.07 Å². The zero-order valence-electron chi connectivity index (χ0n) is 18.7. The topological polar surface area (TPSA) is 78.3 Å². The molecule has 1 aromatic carbocycles. The fraction of sp³-hybridized carbons (Fsp3) is 0.560. The van der Waals surface area contributed by atoms with Crippen LogP contribution < -0.4 is 5.32 Å². The van der Waals surface area contributed by atoms with E-state index in [1.54, 1.807) is 6.20 Å². The van der Waals surface area contributed by atoms with Crippen LogP contribution in [0.2, 0.25) is 5.02 Å². The Morgan fingerprint density at radius 3 is 2.70 bits per heavy atom. The van der Waals surface area contributed by atoms with Crippen molar-refractivity contribution in [1.82, 2.24) is 9.88 Å². The Kier molecular flexibility index (Phi) is 6.02. The smallest absolute Gasteiger partial charge is 0.229 e. The summed E-state index contributed by atoms with van der Waals surface area (Å²) in [5, 5.41) is 14.6. The summed E-state index contributed by atoms with van der Waals surface area (Å²) in [6.07, 6.45) is 4.08. The number of amides is 1. The van der Waals surface area contributed by atoms with Gasteiger partial charge in [0.1, 0.15) is 12.0 Å². The van der Waals surface area contributed by atoms with E-state index in [1.807, 2.05) is 19.1 Å². The molecule has 4 atom stereocenters.